The van der Waals surface area contributed by atoms with Gasteiger partial charge in [0.1, 0.15) is 29.4 Å². The number of carbonyl (C=O) groups is 4. The van der Waals surface area contributed by atoms with Gasteiger partial charge in [-0.2, -0.15) is 5.26 Å². The second-order valence-electron chi connectivity index (χ2n) is 13.0. The molecule has 2 aliphatic heterocycles. The van der Waals surface area contributed by atoms with Gasteiger partial charge in [-0.05, 0) is 70.9 Å². The van der Waals surface area contributed by atoms with Crippen molar-refractivity contribution >= 4 is 36.8 Å². The van der Waals surface area contributed by atoms with Gasteiger partial charge in [-0.15, -0.1) is 0 Å². The number of fused-ring (bicyclic) bond motifs is 9. The lowest BCUT2D eigenvalue weighted by molar-refractivity contribution is -0.159. The Morgan fingerprint density at radius 1 is 0.981 bits per heavy atom. The number of rotatable bonds is 4. The van der Waals surface area contributed by atoms with Crippen LogP contribution >= 0.6 is 0 Å². The summed E-state index contributed by atoms with van der Waals surface area (Å²) in [4.78, 5) is 56.6. The van der Waals surface area contributed by atoms with E-state index >= 15 is 0 Å². The van der Waals surface area contributed by atoms with Gasteiger partial charge >= 0.3 is 25.0 Å². The third-order valence-corrected chi connectivity index (χ3v) is 6.38. The van der Waals surface area contributed by atoms with Gasteiger partial charge in [0.2, 0.25) is 28.7 Å². The lowest BCUT2D eigenvalue weighted by Gasteiger charge is -2.29. The molecule has 21 heteroatoms. The van der Waals surface area contributed by atoms with Crippen molar-refractivity contribution in [1.82, 2.24) is 16.0 Å². The monoisotopic (exact) mass is 740 g/mol. The highest BCUT2D eigenvalue weighted by Crippen LogP contribution is 2.44. The highest BCUT2D eigenvalue weighted by molar-refractivity contribution is 6.50. The number of hydrogen-bond acceptors (Lipinski definition) is 12. The summed E-state index contributed by atoms with van der Waals surface area (Å²) in [5, 5.41) is 48.5. The first-order chi connectivity index (χ1) is 23.9. The second-order valence-corrected chi connectivity index (χ2v) is 13.0. The van der Waals surface area contributed by atoms with Crippen molar-refractivity contribution in [3.05, 3.63) is 46.4 Å². The van der Waals surface area contributed by atoms with Gasteiger partial charge in [0.25, 0.3) is 0 Å². The maximum Gasteiger partial charge on any atom is 0.673 e. The summed E-state index contributed by atoms with van der Waals surface area (Å²) >= 11 is 0. The van der Waals surface area contributed by atoms with Crippen molar-refractivity contribution in [1.29, 1.82) is 10.7 Å². The molecule has 2 aliphatic rings. The quantitative estimate of drug-likeness (QED) is 0.123. The number of esters is 1. The second kappa shape index (κ2) is 16.9. The van der Waals surface area contributed by atoms with E-state index < -0.39 is 78.7 Å². The molecule has 0 aliphatic carbocycles. The number of halogens is 4. The van der Waals surface area contributed by atoms with Crippen LogP contribution < -0.4 is 25.4 Å². The van der Waals surface area contributed by atoms with Gasteiger partial charge in [0.15, 0.2) is 22.5 Å². The first kappa shape index (κ1) is 42.3. The minimum Gasteiger partial charge on any atom is -0.504 e. The van der Waals surface area contributed by atoms with Crippen LogP contribution in [0.1, 0.15) is 71.2 Å². The van der Waals surface area contributed by atoms with Crippen LogP contribution in [0, 0.1) is 16.7 Å². The van der Waals surface area contributed by atoms with Crippen LogP contribution in [0.3, 0.4) is 0 Å². The van der Waals surface area contributed by atoms with Crippen molar-refractivity contribution in [3.63, 3.8) is 0 Å². The number of aliphatic hydroxyl groups excluding tert-OH is 1. The Morgan fingerprint density at radius 2 is 1.58 bits per heavy atom. The van der Waals surface area contributed by atoms with Crippen LogP contribution in [0.2, 0.25) is 0 Å². The zero-order valence-corrected chi connectivity index (χ0v) is 29.0. The fourth-order valence-electron chi connectivity index (χ4n) is 4.42. The molecule has 0 radical (unpaired) electrons. The van der Waals surface area contributed by atoms with Crippen LogP contribution in [0.4, 0.5) is 27.7 Å². The van der Waals surface area contributed by atoms with Crippen LogP contribution in [-0.4, -0.2) is 71.7 Å². The van der Waals surface area contributed by atoms with E-state index in [1.807, 2.05) is 0 Å². The first-order valence-electron chi connectivity index (χ1n) is 15.2. The van der Waals surface area contributed by atoms with Gasteiger partial charge < -0.3 is 62.4 Å². The molecule has 0 saturated carbocycles. The summed E-state index contributed by atoms with van der Waals surface area (Å²) in [7, 11) is -4.76. The number of ether oxygens (including phenoxy) is 4. The molecule has 0 spiro atoms. The van der Waals surface area contributed by atoms with Crippen LogP contribution in [0.25, 0.3) is 4.98 Å². The van der Waals surface area contributed by atoms with E-state index in [0.717, 1.165) is 12.1 Å². The minimum absolute atomic E-state index is 0.0386. The number of aliphatic hydroxyl groups is 1. The first-order valence-corrected chi connectivity index (χ1v) is 15.2. The Morgan fingerprint density at radius 3 is 2.10 bits per heavy atom. The molecule has 2 heterocycles. The number of hydrogen-bond donors (Lipinski definition) is 5. The largest absolute Gasteiger partial charge is 0.673 e. The summed E-state index contributed by atoms with van der Waals surface area (Å²) in [5.41, 5.74) is -2.35. The molecule has 52 heavy (non-hydrogen) atoms. The third kappa shape index (κ3) is 12.8. The molecule has 282 valence electrons. The number of nitrogens with one attached hydrogen (secondary N) is 3. The minimum atomic E-state index is -6.00. The Balaban J connectivity index is 0.00000175. The van der Waals surface area contributed by atoms with E-state index in [2.05, 4.69) is 20.9 Å². The standard InChI is InChI=1S/C31H36N6O10.BF4/c1-30(2,3)46-28(42)22-16-13-19(38)25(44-7)21(14-16)45-20-9-8-15(12-18(20)37-33)24(39)23(36-29(43)47-31(4,5)6)27(41)34-17(10-11-32)26(40)35-22;2-1(3,4)5/h8-9,12-14,17,22-24,39H,10H2,1-7H3,(H3-,34,35,36,38,40,41,43);/q;-1/p+1/t17-,22+,23+,24+;/m0./s1. The predicted octanol–water partition coefficient (Wildman–Crippen LogP) is 4.82. The Bertz CT molecular complexity index is 1750. The summed E-state index contributed by atoms with van der Waals surface area (Å²) in [6.07, 6.45) is -3.51. The molecular weight excluding hydrogens is 703 g/mol. The van der Waals surface area contributed by atoms with Gasteiger partial charge in [-0.1, -0.05) is 6.07 Å². The molecule has 5 N–H and O–H groups in total. The number of nitriles is 1. The number of alkyl carbamates (subject to hydrolysis) is 1. The zero-order chi connectivity index (χ0) is 39.8. The molecule has 4 rings (SSSR count). The van der Waals surface area contributed by atoms with Crippen molar-refractivity contribution in [3.8, 4) is 29.1 Å². The predicted molar refractivity (Wildman–Crippen MR) is 173 cm³/mol. The third-order valence-electron chi connectivity index (χ3n) is 6.38. The number of benzene rings is 2. The van der Waals surface area contributed by atoms with E-state index in [0.29, 0.717) is 0 Å². The lowest BCUT2D eigenvalue weighted by atomic mass is 9.99. The fourth-order valence-corrected chi connectivity index (χ4v) is 4.42. The van der Waals surface area contributed by atoms with E-state index in [4.69, 9.17) is 18.9 Å². The summed E-state index contributed by atoms with van der Waals surface area (Å²) in [6.45, 7) is 9.51. The molecule has 2 aromatic carbocycles. The normalized spacial score (nSPS) is 19.2. The number of phenolic OH excluding ortho intramolecular Hbond substituents is 1. The molecule has 0 aromatic heterocycles. The van der Waals surface area contributed by atoms with Crippen LogP contribution in [0.5, 0.6) is 23.0 Å². The molecular formula is C31H37BF4N6O10. The number of methoxy groups -OCH3 is 1. The Hall–Kier alpha value is -5.83. The lowest BCUT2D eigenvalue weighted by Crippen LogP contribution is -2.56. The van der Waals surface area contributed by atoms with Crippen molar-refractivity contribution in [2.24, 2.45) is 0 Å². The average molecular weight is 740 g/mol. The Labute approximate surface area is 295 Å². The van der Waals surface area contributed by atoms with Crippen molar-refractivity contribution in [2.75, 3.05) is 7.11 Å². The molecule has 0 saturated heterocycles. The number of diazo groups is 1. The fraction of sp³-hybridized carbons (Fsp3) is 0.452. The molecule has 4 bridgehead atoms. The number of nitrogens with zero attached hydrogens (tertiary/aromatic N) is 3. The van der Waals surface area contributed by atoms with Crippen LogP contribution in [0.15, 0.2) is 30.3 Å². The average Bonchev–Trinajstić information content (AvgIpc) is 2.98. The van der Waals surface area contributed by atoms with Gasteiger partial charge in [-0.25, -0.2) is 9.59 Å². The number of aromatic hydroxyl groups is 1. The summed E-state index contributed by atoms with van der Waals surface area (Å²) in [6, 6.07) is 2.85. The highest BCUT2D eigenvalue weighted by Gasteiger charge is 2.38. The maximum atomic E-state index is 13.6. The maximum absolute atomic E-state index is 13.6. The molecule has 4 atom stereocenters. The van der Waals surface area contributed by atoms with Gasteiger partial charge in [0, 0.05) is 6.07 Å². The smallest absolute Gasteiger partial charge is 0.504 e. The number of carbonyl (C=O) groups excluding carboxylic acids is 4. The SMILES string of the molecule is COc1c(O)cc2cc1Oc1ccc(cc1[N+]#N)[C@@H](O)[C@@H](NC(=O)OC(C)(C)C)C(=O)N[C@@H](CC#N)C(=O)N[C@H]2C(=O)OC(C)(C)C.F[B-](F)(F)F. The van der Waals surface area contributed by atoms with E-state index in [-0.39, 0.29) is 34.1 Å². The zero-order valence-electron chi connectivity index (χ0n) is 29.0. The van der Waals surface area contributed by atoms with E-state index in [1.165, 1.54) is 25.3 Å². The molecule has 0 fully saturated rings. The molecule has 16 nitrogen and oxygen atoms in total. The molecule has 0 unspecified atom stereocenters. The summed E-state index contributed by atoms with van der Waals surface area (Å²) < 4.78 is 61.0. The van der Waals surface area contributed by atoms with E-state index in [1.54, 1.807) is 47.6 Å². The van der Waals surface area contributed by atoms with Crippen molar-refractivity contribution < 1.29 is 65.6 Å². The van der Waals surface area contributed by atoms with E-state index in [9.17, 15) is 57.3 Å². The summed E-state index contributed by atoms with van der Waals surface area (Å²) in [5.74, 6) is -4.09. The Kier molecular flexibility index (Phi) is 13.8. The number of amides is 3. The topological polar surface area (TPSA) is 234 Å². The van der Waals surface area contributed by atoms with Gasteiger partial charge in [-0.3, -0.25) is 9.59 Å². The van der Waals surface area contributed by atoms with Crippen molar-refractivity contribution in [2.45, 2.75) is 83.4 Å². The molecule has 2 aromatic rings. The number of phenols is 1. The highest BCUT2D eigenvalue weighted by atomic mass is 19.5. The molecule has 3 amide bonds. The van der Waals surface area contributed by atoms with Gasteiger partial charge in [0.05, 0.1) is 19.6 Å². The van der Waals surface area contributed by atoms with Crippen LogP contribution in [-0.2, 0) is 23.9 Å².